The molecule has 0 aliphatic carbocycles. The summed E-state index contributed by atoms with van der Waals surface area (Å²) in [6, 6.07) is 3.88. The highest BCUT2D eigenvalue weighted by Gasteiger charge is 2.30. The predicted molar refractivity (Wildman–Crippen MR) is 58.9 cm³/mol. The van der Waals surface area contributed by atoms with Crippen LogP contribution in [-0.4, -0.2) is 11.6 Å². The molecule has 0 bridgehead atoms. The molecule has 0 spiro atoms. The van der Waals surface area contributed by atoms with Gasteiger partial charge in [-0.2, -0.15) is 13.2 Å². The molecule has 1 heterocycles. The number of alkyl halides is 3. The quantitative estimate of drug-likeness (QED) is 0.857. The zero-order valence-electron chi connectivity index (χ0n) is 9.38. The minimum atomic E-state index is -4.27. The zero-order valence-corrected chi connectivity index (χ0v) is 9.38. The van der Waals surface area contributed by atoms with Gasteiger partial charge in [-0.3, -0.25) is 0 Å². The average molecular weight is 242 g/mol. The Morgan fingerprint density at radius 3 is 2.65 bits per heavy atom. The molecule has 17 heavy (non-hydrogen) atoms. The van der Waals surface area contributed by atoms with Crippen LogP contribution in [0.15, 0.2) is 30.6 Å². The number of hydrogen-bond donors (Lipinski definition) is 1. The molecule has 0 amide bonds. The summed E-state index contributed by atoms with van der Waals surface area (Å²) in [6.07, 6.45) is -0.561. The van der Waals surface area contributed by atoms with E-state index in [0.717, 1.165) is 11.6 Å². The molecule has 1 aromatic carbocycles. The van der Waals surface area contributed by atoms with Crippen molar-refractivity contribution in [2.75, 3.05) is 6.67 Å². The summed E-state index contributed by atoms with van der Waals surface area (Å²) in [4.78, 5) is 2.00. The van der Waals surface area contributed by atoms with Gasteiger partial charge in [0.15, 0.2) is 0 Å². The molecule has 1 aliphatic rings. The van der Waals surface area contributed by atoms with Crippen LogP contribution >= 0.6 is 0 Å². The fraction of sp³-hybridized carbons (Fsp3) is 0.333. The van der Waals surface area contributed by atoms with E-state index in [0.29, 0.717) is 18.8 Å². The van der Waals surface area contributed by atoms with Gasteiger partial charge in [0.05, 0.1) is 12.2 Å². The van der Waals surface area contributed by atoms with Crippen LogP contribution < -0.4 is 5.32 Å². The first-order valence-corrected chi connectivity index (χ1v) is 5.27. The monoisotopic (exact) mass is 242 g/mol. The molecule has 1 N–H and O–H groups in total. The molecule has 0 fully saturated rings. The second-order valence-corrected chi connectivity index (χ2v) is 4.06. The molecule has 0 radical (unpaired) electrons. The standard InChI is InChI=1S/C12H13F3N2/c1-9-6-11(12(13,14)15)3-2-10(9)7-17-5-4-16-8-17/h2-6,16H,7-8H2,1H3. The summed E-state index contributed by atoms with van der Waals surface area (Å²) >= 11 is 0. The number of rotatable bonds is 2. The Morgan fingerprint density at radius 1 is 1.35 bits per heavy atom. The first-order chi connectivity index (χ1) is 7.97. The topological polar surface area (TPSA) is 15.3 Å². The lowest BCUT2D eigenvalue weighted by atomic mass is 10.0. The van der Waals surface area contributed by atoms with E-state index in [1.807, 2.05) is 17.3 Å². The lowest BCUT2D eigenvalue weighted by Gasteiger charge is -2.17. The lowest BCUT2D eigenvalue weighted by molar-refractivity contribution is -0.137. The number of nitrogens with one attached hydrogen (secondary N) is 1. The molecular weight excluding hydrogens is 229 g/mol. The van der Waals surface area contributed by atoms with E-state index in [1.54, 1.807) is 13.0 Å². The second kappa shape index (κ2) is 4.31. The van der Waals surface area contributed by atoms with Crippen LogP contribution in [0.3, 0.4) is 0 Å². The van der Waals surface area contributed by atoms with E-state index in [2.05, 4.69) is 5.32 Å². The Morgan fingerprint density at radius 2 is 2.12 bits per heavy atom. The van der Waals surface area contributed by atoms with Crippen molar-refractivity contribution in [3.8, 4) is 0 Å². The molecule has 1 aliphatic heterocycles. The normalized spacial score (nSPS) is 15.2. The van der Waals surface area contributed by atoms with Gasteiger partial charge in [-0.05, 0) is 30.2 Å². The fourth-order valence-corrected chi connectivity index (χ4v) is 1.76. The van der Waals surface area contributed by atoms with E-state index < -0.39 is 11.7 Å². The van der Waals surface area contributed by atoms with Gasteiger partial charge in [0.2, 0.25) is 0 Å². The minimum Gasteiger partial charge on any atom is -0.373 e. The minimum absolute atomic E-state index is 0.589. The van der Waals surface area contributed by atoms with Crippen molar-refractivity contribution >= 4 is 0 Å². The summed E-state index contributed by atoms with van der Waals surface area (Å²) in [7, 11) is 0. The molecule has 0 unspecified atom stereocenters. The Balaban J connectivity index is 2.17. The molecule has 5 heteroatoms. The zero-order chi connectivity index (χ0) is 12.5. The van der Waals surface area contributed by atoms with Crippen LogP contribution in [-0.2, 0) is 12.7 Å². The van der Waals surface area contributed by atoms with Crippen LogP contribution in [0.25, 0.3) is 0 Å². The van der Waals surface area contributed by atoms with Gasteiger partial charge in [-0.25, -0.2) is 0 Å². The molecule has 1 aromatic rings. The van der Waals surface area contributed by atoms with Crippen molar-refractivity contribution in [1.29, 1.82) is 0 Å². The number of halogens is 3. The highest BCUT2D eigenvalue weighted by molar-refractivity contribution is 5.32. The molecule has 0 saturated carbocycles. The highest BCUT2D eigenvalue weighted by atomic mass is 19.4. The van der Waals surface area contributed by atoms with Crippen LogP contribution in [0.5, 0.6) is 0 Å². The smallest absolute Gasteiger partial charge is 0.373 e. The van der Waals surface area contributed by atoms with E-state index in [9.17, 15) is 13.2 Å². The van der Waals surface area contributed by atoms with Crippen molar-refractivity contribution in [2.24, 2.45) is 0 Å². The summed E-state index contributed by atoms with van der Waals surface area (Å²) in [6.45, 7) is 3.02. The van der Waals surface area contributed by atoms with Gasteiger partial charge in [0.1, 0.15) is 0 Å². The number of nitrogens with zero attached hydrogens (tertiary/aromatic N) is 1. The SMILES string of the molecule is Cc1cc(C(F)(F)F)ccc1CN1C=CNC1. The largest absolute Gasteiger partial charge is 0.416 e. The Kier molecular flexibility index (Phi) is 3.00. The maximum atomic E-state index is 12.5. The highest BCUT2D eigenvalue weighted by Crippen LogP contribution is 2.30. The molecule has 2 rings (SSSR count). The summed E-state index contributed by atoms with van der Waals surface area (Å²) in [5, 5.41) is 3.01. The van der Waals surface area contributed by atoms with Crippen molar-refractivity contribution < 1.29 is 13.2 Å². The first kappa shape index (κ1) is 11.8. The second-order valence-electron chi connectivity index (χ2n) is 4.06. The van der Waals surface area contributed by atoms with Crippen LogP contribution in [0, 0.1) is 6.92 Å². The van der Waals surface area contributed by atoms with Crippen molar-refractivity contribution in [2.45, 2.75) is 19.6 Å². The Hall–Kier alpha value is -1.65. The third-order valence-electron chi connectivity index (χ3n) is 2.74. The molecule has 92 valence electrons. The van der Waals surface area contributed by atoms with Crippen LogP contribution in [0.2, 0.25) is 0 Å². The number of benzene rings is 1. The van der Waals surface area contributed by atoms with E-state index in [4.69, 9.17) is 0 Å². The Bertz CT molecular complexity index is 438. The third-order valence-corrected chi connectivity index (χ3v) is 2.74. The van der Waals surface area contributed by atoms with Gasteiger partial charge >= 0.3 is 6.18 Å². The van der Waals surface area contributed by atoms with Crippen molar-refractivity contribution in [1.82, 2.24) is 10.2 Å². The maximum absolute atomic E-state index is 12.5. The number of aryl methyl sites for hydroxylation is 1. The van der Waals surface area contributed by atoms with Gasteiger partial charge < -0.3 is 10.2 Å². The van der Waals surface area contributed by atoms with E-state index in [-0.39, 0.29) is 0 Å². The summed E-state index contributed by atoms with van der Waals surface area (Å²) in [5.74, 6) is 0. The third kappa shape index (κ3) is 2.72. The number of hydrogen-bond acceptors (Lipinski definition) is 2. The molecule has 2 nitrogen and oxygen atoms in total. The fourth-order valence-electron chi connectivity index (χ4n) is 1.76. The lowest BCUT2D eigenvalue weighted by Crippen LogP contribution is -2.20. The molecule has 0 atom stereocenters. The maximum Gasteiger partial charge on any atom is 0.416 e. The first-order valence-electron chi connectivity index (χ1n) is 5.27. The van der Waals surface area contributed by atoms with Crippen molar-refractivity contribution in [3.63, 3.8) is 0 Å². The van der Waals surface area contributed by atoms with Gasteiger partial charge in [-0.1, -0.05) is 6.07 Å². The van der Waals surface area contributed by atoms with Gasteiger partial charge in [0.25, 0.3) is 0 Å². The van der Waals surface area contributed by atoms with Crippen molar-refractivity contribution in [3.05, 3.63) is 47.3 Å². The molecule has 0 saturated heterocycles. The summed E-state index contributed by atoms with van der Waals surface area (Å²) in [5.41, 5.74) is 0.986. The van der Waals surface area contributed by atoms with E-state index in [1.165, 1.54) is 6.07 Å². The average Bonchev–Trinajstić information content (AvgIpc) is 2.72. The Labute approximate surface area is 97.7 Å². The van der Waals surface area contributed by atoms with Gasteiger partial charge in [0, 0.05) is 18.9 Å². The van der Waals surface area contributed by atoms with Crippen LogP contribution in [0.4, 0.5) is 13.2 Å². The predicted octanol–water partition coefficient (Wildman–Crippen LogP) is 2.85. The van der Waals surface area contributed by atoms with E-state index >= 15 is 0 Å². The molecule has 0 aromatic heterocycles. The summed E-state index contributed by atoms with van der Waals surface area (Å²) < 4.78 is 37.4. The molecular formula is C12H13F3N2. The van der Waals surface area contributed by atoms with Crippen LogP contribution in [0.1, 0.15) is 16.7 Å². The van der Waals surface area contributed by atoms with Gasteiger partial charge in [-0.15, -0.1) is 0 Å².